The molecule has 2 atom stereocenters. The van der Waals surface area contributed by atoms with Gasteiger partial charge in [0, 0.05) is 30.9 Å². The van der Waals surface area contributed by atoms with E-state index in [1.165, 1.54) is 0 Å². The Balaban J connectivity index is 1.71. The molecule has 3 rings (SSSR count). The monoisotopic (exact) mass is 287 g/mol. The van der Waals surface area contributed by atoms with Crippen molar-refractivity contribution in [2.75, 3.05) is 29.9 Å². The Morgan fingerprint density at radius 2 is 2.24 bits per heavy atom. The van der Waals surface area contributed by atoms with Gasteiger partial charge in [-0.2, -0.15) is 0 Å². The van der Waals surface area contributed by atoms with Crippen molar-refractivity contribution in [1.29, 1.82) is 0 Å². The Morgan fingerprint density at radius 1 is 1.38 bits per heavy atom. The van der Waals surface area contributed by atoms with E-state index in [2.05, 4.69) is 17.6 Å². The number of nitrogens with one attached hydrogen (secondary N) is 2. The number of rotatable bonds is 3. The fourth-order valence-electron chi connectivity index (χ4n) is 3.07. The minimum absolute atomic E-state index is 0.0158. The highest BCUT2D eigenvalue weighted by molar-refractivity contribution is 5.97. The molecular weight excluding hydrogens is 266 g/mol. The topological polar surface area (TPSA) is 61.4 Å². The van der Waals surface area contributed by atoms with Gasteiger partial charge in [0.25, 0.3) is 0 Å². The molecule has 1 aromatic rings. The minimum atomic E-state index is 0.0158. The van der Waals surface area contributed by atoms with Crippen LogP contribution in [0.5, 0.6) is 0 Å². The summed E-state index contributed by atoms with van der Waals surface area (Å²) in [6, 6.07) is 7.55. The van der Waals surface area contributed by atoms with E-state index in [0.29, 0.717) is 12.3 Å². The van der Waals surface area contributed by atoms with Crippen LogP contribution in [0.3, 0.4) is 0 Å². The van der Waals surface area contributed by atoms with Gasteiger partial charge >= 0.3 is 0 Å². The number of hydrogen-bond acceptors (Lipinski definition) is 3. The summed E-state index contributed by atoms with van der Waals surface area (Å²) >= 11 is 0. The molecule has 5 heteroatoms. The predicted octanol–water partition coefficient (Wildman–Crippen LogP) is 1.61. The van der Waals surface area contributed by atoms with Crippen molar-refractivity contribution in [2.45, 2.75) is 19.8 Å². The van der Waals surface area contributed by atoms with Gasteiger partial charge in [0.2, 0.25) is 11.8 Å². The van der Waals surface area contributed by atoms with Crippen LogP contribution in [-0.2, 0) is 9.59 Å². The molecule has 0 aliphatic carbocycles. The maximum atomic E-state index is 12.3. The normalized spacial score (nSPS) is 25.4. The molecule has 0 saturated carbocycles. The number of hydrogen-bond donors (Lipinski definition) is 2. The van der Waals surface area contributed by atoms with Gasteiger partial charge < -0.3 is 15.5 Å². The van der Waals surface area contributed by atoms with E-state index in [4.69, 9.17) is 0 Å². The third kappa shape index (κ3) is 2.93. The Bertz CT molecular complexity index is 558. The second-order valence-corrected chi connectivity index (χ2v) is 5.93. The van der Waals surface area contributed by atoms with Crippen LogP contribution in [0.25, 0.3) is 0 Å². The average Bonchev–Trinajstić information content (AvgIpc) is 3.07. The molecule has 2 heterocycles. The zero-order valence-corrected chi connectivity index (χ0v) is 12.3. The maximum Gasteiger partial charge on any atom is 0.229 e. The molecule has 1 aromatic carbocycles. The molecule has 0 radical (unpaired) electrons. The molecule has 2 fully saturated rings. The van der Waals surface area contributed by atoms with Crippen molar-refractivity contribution in [1.82, 2.24) is 5.32 Å². The highest BCUT2D eigenvalue weighted by atomic mass is 16.2. The summed E-state index contributed by atoms with van der Waals surface area (Å²) in [5.74, 6) is 0.583. The Hall–Kier alpha value is -1.88. The lowest BCUT2D eigenvalue weighted by Crippen LogP contribution is -2.28. The molecule has 0 unspecified atom stereocenters. The SMILES string of the molecule is C[C@@H]1CNC[C@H]1C(=O)Nc1cccc(N2CCCC2=O)c1. The van der Waals surface area contributed by atoms with Crippen LogP contribution in [0.15, 0.2) is 24.3 Å². The molecule has 21 heavy (non-hydrogen) atoms. The molecule has 112 valence electrons. The number of anilines is 2. The third-order valence-electron chi connectivity index (χ3n) is 4.35. The fourth-order valence-corrected chi connectivity index (χ4v) is 3.07. The van der Waals surface area contributed by atoms with Gasteiger partial charge in [0.1, 0.15) is 0 Å². The first-order valence-corrected chi connectivity index (χ1v) is 7.57. The van der Waals surface area contributed by atoms with Gasteiger partial charge in [-0.3, -0.25) is 9.59 Å². The first-order chi connectivity index (χ1) is 10.1. The van der Waals surface area contributed by atoms with Crippen LogP contribution in [0.1, 0.15) is 19.8 Å². The van der Waals surface area contributed by atoms with Crippen molar-refractivity contribution < 1.29 is 9.59 Å². The fraction of sp³-hybridized carbons (Fsp3) is 0.500. The minimum Gasteiger partial charge on any atom is -0.326 e. The van der Waals surface area contributed by atoms with Crippen molar-refractivity contribution in [3.8, 4) is 0 Å². The molecule has 2 aliphatic heterocycles. The average molecular weight is 287 g/mol. The molecule has 2 N–H and O–H groups in total. The molecule has 0 bridgehead atoms. The van der Waals surface area contributed by atoms with Gasteiger partial charge in [-0.05, 0) is 37.1 Å². The second kappa shape index (κ2) is 5.85. The lowest BCUT2D eigenvalue weighted by atomic mass is 9.97. The van der Waals surface area contributed by atoms with Gasteiger partial charge in [-0.1, -0.05) is 13.0 Å². The zero-order chi connectivity index (χ0) is 14.8. The van der Waals surface area contributed by atoms with Crippen LogP contribution >= 0.6 is 0 Å². The molecule has 2 aliphatic rings. The van der Waals surface area contributed by atoms with Crippen LogP contribution in [-0.4, -0.2) is 31.4 Å². The Kier molecular flexibility index (Phi) is 3.92. The van der Waals surface area contributed by atoms with Gasteiger partial charge in [-0.15, -0.1) is 0 Å². The van der Waals surface area contributed by atoms with E-state index < -0.39 is 0 Å². The molecule has 0 aromatic heterocycles. The number of carbonyl (C=O) groups is 2. The van der Waals surface area contributed by atoms with Crippen LogP contribution in [0, 0.1) is 11.8 Å². The maximum absolute atomic E-state index is 12.3. The van der Waals surface area contributed by atoms with E-state index in [0.717, 1.165) is 37.4 Å². The predicted molar refractivity (Wildman–Crippen MR) is 82.2 cm³/mol. The summed E-state index contributed by atoms with van der Waals surface area (Å²) < 4.78 is 0. The summed E-state index contributed by atoms with van der Waals surface area (Å²) in [5.41, 5.74) is 1.63. The van der Waals surface area contributed by atoms with Crippen molar-refractivity contribution >= 4 is 23.2 Å². The number of carbonyl (C=O) groups excluding carboxylic acids is 2. The standard InChI is InChI=1S/C16H21N3O2/c1-11-9-17-10-14(11)16(21)18-12-4-2-5-13(8-12)19-7-3-6-15(19)20/h2,4-5,8,11,14,17H,3,6-7,9-10H2,1H3,(H,18,21)/t11-,14-/m1/s1. The Morgan fingerprint density at radius 3 is 2.90 bits per heavy atom. The summed E-state index contributed by atoms with van der Waals surface area (Å²) in [7, 11) is 0. The van der Waals surface area contributed by atoms with Crippen molar-refractivity contribution in [2.24, 2.45) is 11.8 Å². The Labute approximate surface area is 124 Å². The summed E-state index contributed by atoms with van der Waals surface area (Å²) in [5, 5.41) is 6.21. The molecule has 0 spiro atoms. The van der Waals surface area contributed by atoms with Crippen LogP contribution in [0.2, 0.25) is 0 Å². The lowest BCUT2D eigenvalue weighted by Gasteiger charge is -2.18. The quantitative estimate of drug-likeness (QED) is 0.888. The second-order valence-electron chi connectivity index (χ2n) is 5.93. The first-order valence-electron chi connectivity index (χ1n) is 7.57. The largest absolute Gasteiger partial charge is 0.326 e. The van der Waals surface area contributed by atoms with Gasteiger partial charge in [-0.25, -0.2) is 0 Å². The molecular formula is C16H21N3O2. The third-order valence-corrected chi connectivity index (χ3v) is 4.35. The molecule has 2 amide bonds. The first kappa shape index (κ1) is 14.1. The highest BCUT2D eigenvalue weighted by Gasteiger charge is 2.29. The van der Waals surface area contributed by atoms with E-state index in [-0.39, 0.29) is 17.7 Å². The van der Waals surface area contributed by atoms with Crippen LogP contribution in [0.4, 0.5) is 11.4 Å². The number of nitrogens with zero attached hydrogens (tertiary/aromatic N) is 1. The van der Waals surface area contributed by atoms with E-state index in [9.17, 15) is 9.59 Å². The van der Waals surface area contributed by atoms with E-state index in [1.54, 1.807) is 4.90 Å². The molecule has 2 saturated heterocycles. The van der Waals surface area contributed by atoms with Crippen molar-refractivity contribution in [3.05, 3.63) is 24.3 Å². The summed E-state index contributed by atoms with van der Waals surface area (Å²) in [6.07, 6.45) is 1.52. The van der Waals surface area contributed by atoms with E-state index >= 15 is 0 Å². The van der Waals surface area contributed by atoms with Gasteiger partial charge in [0.15, 0.2) is 0 Å². The number of amides is 2. The molecule has 5 nitrogen and oxygen atoms in total. The summed E-state index contributed by atoms with van der Waals surface area (Å²) in [4.78, 5) is 25.9. The van der Waals surface area contributed by atoms with Gasteiger partial charge in [0.05, 0.1) is 5.92 Å². The smallest absolute Gasteiger partial charge is 0.229 e. The van der Waals surface area contributed by atoms with Crippen LogP contribution < -0.4 is 15.5 Å². The highest BCUT2D eigenvalue weighted by Crippen LogP contribution is 2.25. The zero-order valence-electron chi connectivity index (χ0n) is 12.3. The number of benzene rings is 1. The summed E-state index contributed by atoms with van der Waals surface area (Å²) in [6.45, 7) is 4.47. The lowest BCUT2D eigenvalue weighted by molar-refractivity contribution is -0.120. The van der Waals surface area contributed by atoms with E-state index in [1.807, 2.05) is 24.3 Å². The van der Waals surface area contributed by atoms with Crippen molar-refractivity contribution in [3.63, 3.8) is 0 Å².